The van der Waals surface area contributed by atoms with Crippen molar-refractivity contribution in [2.24, 2.45) is 0 Å². The van der Waals surface area contributed by atoms with E-state index >= 15 is 0 Å². The molecule has 1 aromatic heterocycles. The lowest BCUT2D eigenvalue weighted by atomic mass is 10.1. The fraction of sp³-hybridized carbons (Fsp3) is 0.0625. The number of aromatic amines is 1. The summed E-state index contributed by atoms with van der Waals surface area (Å²) < 4.78 is 4.77. The van der Waals surface area contributed by atoms with Crippen molar-refractivity contribution in [2.75, 3.05) is 7.11 Å². The number of aromatic nitrogens is 1. The Morgan fingerprint density at radius 3 is 2.55 bits per heavy atom. The molecule has 0 saturated carbocycles. The quantitative estimate of drug-likeness (QED) is 0.455. The number of hydrogen-bond acceptors (Lipinski definition) is 4. The maximum Gasteiger partial charge on any atom is 0.339 e. The Bertz CT molecular complexity index is 865. The van der Waals surface area contributed by atoms with Gasteiger partial charge in [-0.1, -0.05) is 12.1 Å². The minimum absolute atomic E-state index is 0.0371. The number of fused-ring (bicyclic) bond motifs is 1. The van der Waals surface area contributed by atoms with E-state index in [1.54, 1.807) is 24.3 Å². The highest BCUT2D eigenvalue weighted by Gasteiger charge is 2.13. The number of non-ortho nitro benzene ring substituents is 1. The number of nitro groups is 1. The highest BCUT2D eigenvalue weighted by atomic mass is 16.6. The minimum Gasteiger partial charge on any atom is -0.465 e. The fourth-order valence-electron chi connectivity index (χ4n) is 2.35. The third-order valence-electron chi connectivity index (χ3n) is 3.45. The monoisotopic (exact) mass is 296 g/mol. The van der Waals surface area contributed by atoms with E-state index in [0.717, 1.165) is 16.6 Å². The summed E-state index contributed by atoms with van der Waals surface area (Å²) in [5, 5.41) is 11.6. The van der Waals surface area contributed by atoms with Gasteiger partial charge in [-0.3, -0.25) is 10.1 Å². The van der Waals surface area contributed by atoms with Crippen molar-refractivity contribution in [3.05, 3.63) is 64.2 Å². The van der Waals surface area contributed by atoms with Crippen LogP contribution in [0.15, 0.2) is 48.5 Å². The highest BCUT2D eigenvalue weighted by Crippen LogP contribution is 2.27. The molecule has 0 bridgehead atoms. The van der Waals surface area contributed by atoms with Crippen LogP contribution in [0.1, 0.15) is 10.4 Å². The van der Waals surface area contributed by atoms with Crippen LogP contribution in [-0.2, 0) is 4.74 Å². The smallest absolute Gasteiger partial charge is 0.339 e. The van der Waals surface area contributed by atoms with Crippen molar-refractivity contribution in [2.45, 2.75) is 0 Å². The van der Waals surface area contributed by atoms with Crippen LogP contribution in [0.2, 0.25) is 0 Å². The van der Waals surface area contributed by atoms with E-state index in [1.165, 1.54) is 19.2 Å². The first-order valence-corrected chi connectivity index (χ1v) is 6.55. The molecule has 2 aromatic carbocycles. The van der Waals surface area contributed by atoms with Crippen molar-refractivity contribution in [3.63, 3.8) is 0 Å². The molecule has 22 heavy (non-hydrogen) atoms. The summed E-state index contributed by atoms with van der Waals surface area (Å²) in [5.41, 5.74) is 2.75. The molecule has 6 nitrogen and oxygen atoms in total. The summed E-state index contributed by atoms with van der Waals surface area (Å²) in [6.45, 7) is 0. The largest absolute Gasteiger partial charge is 0.465 e. The molecule has 110 valence electrons. The second kappa shape index (κ2) is 5.33. The second-order valence-electron chi connectivity index (χ2n) is 4.75. The van der Waals surface area contributed by atoms with Gasteiger partial charge in [0.1, 0.15) is 0 Å². The van der Waals surface area contributed by atoms with Gasteiger partial charge < -0.3 is 9.72 Å². The topological polar surface area (TPSA) is 85.2 Å². The summed E-state index contributed by atoms with van der Waals surface area (Å²) in [5.74, 6) is -0.414. The molecule has 3 rings (SSSR count). The Kier molecular flexibility index (Phi) is 3.34. The van der Waals surface area contributed by atoms with E-state index in [9.17, 15) is 14.9 Å². The third kappa shape index (κ3) is 2.31. The standard InChI is InChI=1S/C16H12N2O4/c1-22-16(19)13-4-2-3-11-9-14(17-15(11)13)10-5-7-12(8-6-10)18(20)21/h2-9,17H,1H3. The number of ether oxygens (including phenoxy) is 1. The van der Waals surface area contributed by atoms with Crippen molar-refractivity contribution in [1.82, 2.24) is 4.98 Å². The Morgan fingerprint density at radius 2 is 1.91 bits per heavy atom. The third-order valence-corrected chi connectivity index (χ3v) is 3.45. The lowest BCUT2D eigenvalue weighted by molar-refractivity contribution is -0.384. The van der Waals surface area contributed by atoms with Crippen LogP contribution in [0.4, 0.5) is 5.69 Å². The van der Waals surface area contributed by atoms with Crippen LogP contribution >= 0.6 is 0 Å². The number of benzene rings is 2. The second-order valence-corrected chi connectivity index (χ2v) is 4.75. The van der Waals surface area contributed by atoms with Crippen molar-refractivity contribution in [1.29, 1.82) is 0 Å². The molecule has 0 aliphatic heterocycles. The van der Waals surface area contributed by atoms with Crippen LogP contribution in [0.3, 0.4) is 0 Å². The molecular formula is C16H12N2O4. The van der Waals surface area contributed by atoms with E-state index in [-0.39, 0.29) is 5.69 Å². The molecule has 0 saturated heterocycles. The Balaban J connectivity index is 2.08. The average Bonchev–Trinajstić information content (AvgIpc) is 2.98. The summed E-state index contributed by atoms with van der Waals surface area (Å²) in [4.78, 5) is 25.2. The zero-order valence-corrected chi connectivity index (χ0v) is 11.7. The highest BCUT2D eigenvalue weighted by molar-refractivity contribution is 6.04. The molecule has 3 aromatic rings. The van der Waals surface area contributed by atoms with E-state index in [2.05, 4.69) is 4.98 Å². The van der Waals surface area contributed by atoms with Crippen molar-refractivity contribution in [3.8, 4) is 11.3 Å². The predicted octanol–water partition coefficient (Wildman–Crippen LogP) is 3.53. The molecule has 0 aliphatic carbocycles. The fourth-order valence-corrected chi connectivity index (χ4v) is 2.35. The van der Waals surface area contributed by atoms with Gasteiger partial charge in [0, 0.05) is 23.2 Å². The number of carbonyl (C=O) groups excluding carboxylic acids is 1. The lowest BCUT2D eigenvalue weighted by Gasteiger charge is -2.00. The van der Waals surface area contributed by atoms with Gasteiger partial charge in [-0.05, 0) is 29.8 Å². The average molecular weight is 296 g/mol. The van der Waals surface area contributed by atoms with E-state index in [0.29, 0.717) is 11.1 Å². The molecule has 1 N–H and O–H groups in total. The molecule has 6 heteroatoms. The van der Waals surface area contributed by atoms with Gasteiger partial charge >= 0.3 is 5.97 Å². The summed E-state index contributed by atoms with van der Waals surface area (Å²) >= 11 is 0. The van der Waals surface area contributed by atoms with E-state index < -0.39 is 10.9 Å². The zero-order chi connectivity index (χ0) is 15.7. The lowest BCUT2D eigenvalue weighted by Crippen LogP contribution is -2.01. The predicted molar refractivity (Wildman–Crippen MR) is 81.7 cm³/mol. The number of rotatable bonds is 3. The number of para-hydroxylation sites is 1. The van der Waals surface area contributed by atoms with E-state index in [1.807, 2.05) is 12.1 Å². The number of carbonyl (C=O) groups is 1. The van der Waals surface area contributed by atoms with Gasteiger partial charge in [0.05, 0.1) is 23.1 Å². The molecule has 0 aliphatic rings. The van der Waals surface area contributed by atoms with Gasteiger partial charge in [0.2, 0.25) is 0 Å². The zero-order valence-electron chi connectivity index (χ0n) is 11.7. The van der Waals surface area contributed by atoms with Crippen LogP contribution in [0, 0.1) is 10.1 Å². The molecule has 0 atom stereocenters. The Morgan fingerprint density at radius 1 is 1.18 bits per heavy atom. The Hall–Kier alpha value is -3.15. The van der Waals surface area contributed by atoms with Gasteiger partial charge in [0.25, 0.3) is 5.69 Å². The molecule has 1 heterocycles. The first kappa shape index (κ1) is 13.8. The van der Waals surface area contributed by atoms with Gasteiger partial charge in [-0.2, -0.15) is 0 Å². The minimum atomic E-state index is -0.440. The van der Waals surface area contributed by atoms with Crippen molar-refractivity contribution >= 4 is 22.6 Å². The number of methoxy groups -OCH3 is 1. The first-order chi connectivity index (χ1) is 10.6. The van der Waals surface area contributed by atoms with Gasteiger partial charge in [-0.25, -0.2) is 4.79 Å². The molecule has 0 unspecified atom stereocenters. The Labute approximate surface area is 125 Å². The summed E-state index contributed by atoms with van der Waals surface area (Å²) in [7, 11) is 1.33. The molecular weight excluding hydrogens is 284 g/mol. The number of nitrogens with one attached hydrogen (secondary N) is 1. The number of nitrogens with zero attached hydrogens (tertiary/aromatic N) is 1. The van der Waals surface area contributed by atoms with Gasteiger partial charge in [0.15, 0.2) is 0 Å². The number of hydrogen-bond donors (Lipinski definition) is 1. The van der Waals surface area contributed by atoms with Crippen molar-refractivity contribution < 1.29 is 14.5 Å². The molecule has 0 radical (unpaired) electrons. The van der Waals surface area contributed by atoms with Crippen LogP contribution < -0.4 is 0 Å². The molecule has 0 amide bonds. The number of nitro benzene ring substituents is 1. The first-order valence-electron chi connectivity index (χ1n) is 6.55. The normalized spacial score (nSPS) is 10.6. The number of H-pyrrole nitrogens is 1. The van der Waals surface area contributed by atoms with Crippen LogP contribution in [0.5, 0.6) is 0 Å². The van der Waals surface area contributed by atoms with Gasteiger partial charge in [-0.15, -0.1) is 0 Å². The molecule has 0 fully saturated rings. The molecule has 0 spiro atoms. The SMILES string of the molecule is COC(=O)c1cccc2cc(-c3ccc([N+](=O)[O-])cc3)[nH]c12. The number of esters is 1. The maximum absolute atomic E-state index is 11.8. The van der Waals surface area contributed by atoms with Crippen LogP contribution in [-0.4, -0.2) is 23.0 Å². The van der Waals surface area contributed by atoms with E-state index in [4.69, 9.17) is 4.74 Å². The maximum atomic E-state index is 11.8. The summed E-state index contributed by atoms with van der Waals surface area (Å²) in [6.07, 6.45) is 0. The van der Waals surface area contributed by atoms with Crippen LogP contribution in [0.25, 0.3) is 22.2 Å². The summed E-state index contributed by atoms with van der Waals surface area (Å²) in [6, 6.07) is 13.5.